The number of hydrogen-bond acceptors (Lipinski definition) is 10. The lowest BCUT2D eigenvalue weighted by molar-refractivity contribution is 0.00474. The molecule has 0 spiro atoms. The molecule has 3 aliphatic rings. The molecule has 10 nitrogen and oxygen atoms in total. The van der Waals surface area contributed by atoms with Crippen LogP contribution in [0.4, 0.5) is 0 Å². The molecule has 0 aromatic rings. The molecule has 0 radical (unpaired) electrons. The van der Waals surface area contributed by atoms with Gasteiger partial charge in [0.15, 0.2) is 0 Å². The Hall–Kier alpha value is -0.400. The van der Waals surface area contributed by atoms with E-state index in [4.69, 9.17) is 0 Å². The van der Waals surface area contributed by atoms with E-state index < -0.39 is 0 Å². The van der Waals surface area contributed by atoms with E-state index in [1.165, 1.54) is 366 Å². The molecule has 3 rings (SSSR count). The average Bonchev–Trinajstić information content (AvgIpc) is 0.846. The second-order valence-corrected chi connectivity index (χ2v) is 36.9. The minimum atomic E-state index is -0.343. The smallest absolute Gasteiger partial charge is 0.0667 e. The van der Waals surface area contributed by atoms with E-state index in [1.54, 1.807) is 0 Å². The van der Waals surface area contributed by atoms with Crippen LogP contribution in [0.15, 0.2) is 0 Å². The molecule has 5 atom stereocenters. The highest BCUT2D eigenvalue weighted by atomic mass is 16.3. The Morgan fingerprint density at radius 1 is 0.222 bits per heavy atom. The molecule has 10 heteroatoms. The van der Waals surface area contributed by atoms with Crippen molar-refractivity contribution in [2.75, 3.05) is 72.0 Å². The van der Waals surface area contributed by atoms with Crippen molar-refractivity contribution >= 4 is 0 Å². The lowest BCUT2D eigenvalue weighted by Crippen LogP contribution is -2.54. The first-order valence-corrected chi connectivity index (χ1v) is 50.2. The Morgan fingerprint density at radius 3 is 0.611 bits per heavy atom. The van der Waals surface area contributed by atoms with Crippen LogP contribution in [-0.4, -0.2) is 177 Å². The summed E-state index contributed by atoms with van der Waals surface area (Å²) in [4.78, 5) is 13.4. The fourth-order valence-corrected chi connectivity index (χ4v) is 19.3. The van der Waals surface area contributed by atoms with Crippen LogP contribution in [-0.2, 0) is 0 Å². The largest absolute Gasteiger partial charge is 0.392 e. The predicted molar refractivity (Wildman–Crippen MR) is 473 cm³/mol. The molecule has 0 amide bonds. The summed E-state index contributed by atoms with van der Waals surface area (Å²) in [7, 11) is 0. The van der Waals surface area contributed by atoms with Crippen LogP contribution in [0, 0.1) is 0 Å². The van der Waals surface area contributed by atoms with Crippen LogP contribution in [0.3, 0.4) is 0 Å². The van der Waals surface area contributed by atoms with Gasteiger partial charge in [0.1, 0.15) is 0 Å². The Kier molecular flexibility index (Phi) is 71.0. The number of aliphatic hydroxyl groups is 5. The molecular weight excluding hydrogens is 1330 g/mol. The van der Waals surface area contributed by atoms with Gasteiger partial charge in [-0.3, -0.25) is 24.5 Å². The van der Waals surface area contributed by atoms with Crippen LogP contribution in [0.2, 0.25) is 0 Å². The molecule has 1 heterocycles. The maximum absolute atomic E-state index is 11.9. The van der Waals surface area contributed by atoms with Crippen molar-refractivity contribution < 1.29 is 25.5 Å². The molecule has 2 aliphatic carbocycles. The van der Waals surface area contributed by atoms with Crippen molar-refractivity contribution in [2.45, 2.75) is 558 Å². The topological polar surface area (TPSA) is 117 Å². The lowest BCUT2D eigenvalue weighted by Gasteiger charge is -2.45. The third-order valence-corrected chi connectivity index (χ3v) is 26.7. The van der Waals surface area contributed by atoms with E-state index in [1.807, 2.05) is 0 Å². The Balaban J connectivity index is 1.60. The quantitative estimate of drug-likeness (QED) is 0.0377. The number of piperazine rings is 1. The van der Waals surface area contributed by atoms with Crippen molar-refractivity contribution in [3.8, 4) is 0 Å². The highest BCUT2D eigenvalue weighted by molar-refractivity contribution is 4.91. The number of unbranched alkanes of at least 4 members (excludes halogenated alkanes) is 55. The summed E-state index contributed by atoms with van der Waals surface area (Å²) in [6.45, 7) is 21.7. The van der Waals surface area contributed by atoms with E-state index in [9.17, 15) is 25.5 Å². The zero-order valence-corrected chi connectivity index (χ0v) is 74.1. The normalized spacial score (nSPS) is 19.2. The van der Waals surface area contributed by atoms with Gasteiger partial charge < -0.3 is 25.5 Å². The van der Waals surface area contributed by atoms with Crippen molar-refractivity contribution in [2.24, 2.45) is 0 Å². The second kappa shape index (κ2) is 75.4. The summed E-state index contributed by atoms with van der Waals surface area (Å²) in [6.07, 6.45) is 92.3. The monoisotopic (exact) mass is 1520 g/mol. The zero-order valence-electron chi connectivity index (χ0n) is 74.1. The molecule has 108 heavy (non-hydrogen) atoms. The van der Waals surface area contributed by atoms with Crippen molar-refractivity contribution in [3.05, 3.63) is 0 Å². The molecule has 0 aromatic heterocycles. The summed E-state index contributed by atoms with van der Waals surface area (Å²) in [6, 6.07) is 1.90. The summed E-state index contributed by atoms with van der Waals surface area (Å²) in [5, 5.41) is 58.7. The molecule has 5 N–H and O–H groups in total. The second-order valence-electron chi connectivity index (χ2n) is 36.9. The highest BCUT2D eigenvalue weighted by Crippen LogP contribution is 2.32. The van der Waals surface area contributed by atoms with Crippen LogP contribution in [0.25, 0.3) is 0 Å². The SMILES string of the molecule is CCCCCCCCCCCCCCC(O)CN(CCN1CCN(C2CCC(N(CC(O)CCCCCCCCCCCCCC)CC(O)CCCCCCCCCCCCCC)CC2)CC1)C1CCC(N(CC(O)CCCCCCCCCCCCCC)CC(O)CCCCCCCCCCCCCC)CC1. The van der Waals surface area contributed by atoms with Crippen molar-refractivity contribution in [3.63, 3.8) is 0 Å². The van der Waals surface area contributed by atoms with Gasteiger partial charge >= 0.3 is 0 Å². The minimum Gasteiger partial charge on any atom is -0.392 e. The average molecular weight is 1530 g/mol. The van der Waals surface area contributed by atoms with Crippen molar-refractivity contribution in [1.29, 1.82) is 0 Å². The predicted octanol–water partition coefficient (Wildman–Crippen LogP) is 26.4. The standard InChI is InChI=1S/C98H197N5O5/c1-6-11-16-21-26-31-36-41-46-51-56-61-66-94(104)85-101(91-73-77-93(78-74-91)103(88-97(107)69-64-59-54-49-44-39-34-29-24-19-14-9-4)89-98(108)70-65-60-55-50-45-40-35-30-25-20-15-10-5)84-81-99-79-82-100(83-80-99)90-71-75-92(76-72-90)102(86-95(105)67-62-57-52-47-42-37-32-27-22-17-12-7-2)87-96(106)68-63-58-53-48-43-38-33-28-23-18-13-8-3/h90-98,104-108H,6-89H2,1-5H3. The summed E-state index contributed by atoms with van der Waals surface area (Å²) < 4.78 is 0. The van der Waals surface area contributed by atoms with Crippen LogP contribution >= 0.6 is 0 Å². The summed E-state index contributed by atoms with van der Waals surface area (Å²) in [5.41, 5.74) is 0. The first-order valence-electron chi connectivity index (χ1n) is 50.2. The van der Waals surface area contributed by atoms with Gasteiger partial charge in [-0.25, -0.2) is 0 Å². The number of hydrogen-bond donors (Lipinski definition) is 5. The summed E-state index contributed by atoms with van der Waals surface area (Å²) in [5.74, 6) is 0. The number of aliphatic hydroxyl groups excluding tert-OH is 5. The Morgan fingerprint density at radius 2 is 0.398 bits per heavy atom. The van der Waals surface area contributed by atoms with E-state index in [0.717, 1.165) is 149 Å². The first-order chi connectivity index (χ1) is 53.1. The lowest BCUT2D eigenvalue weighted by atomic mass is 9.88. The molecule has 2 saturated carbocycles. The molecule has 3 fully saturated rings. The van der Waals surface area contributed by atoms with Crippen LogP contribution in [0.5, 0.6) is 0 Å². The van der Waals surface area contributed by atoms with Gasteiger partial charge in [-0.05, 0) is 83.5 Å². The third kappa shape index (κ3) is 58.4. The summed E-state index contributed by atoms with van der Waals surface area (Å²) >= 11 is 0. The number of rotatable bonds is 82. The third-order valence-electron chi connectivity index (χ3n) is 26.7. The molecule has 0 aromatic carbocycles. The molecule has 0 bridgehead atoms. The Bertz CT molecular complexity index is 1720. The molecule has 1 saturated heterocycles. The van der Waals surface area contributed by atoms with Gasteiger partial charge in [0, 0.05) is 96.2 Å². The van der Waals surface area contributed by atoms with Gasteiger partial charge in [-0.1, -0.05) is 420 Å². The first kappa shape index (κ1) is 102. The van der Waals surface area contributed by atoms with Crippen LogP contribution in [0.1, 0.15) is 503 Å². The highest BCUT2D eigenvalue weighted by Gasteiger charge is 2.35. The van der Waals surface area contributed by atoms with Gasteiger partial charge in [0.25, 0.3) is 0 Å². The maximum Gasteiger partial charge on any atom is 0.0667 e. The molecule has 644 valence electrons. The van der Waals surface area contributed by atoms with Crippen LogP contribution < -0.4 is 0 Å². The number of nitrogens with zero attached hydrogens (tertiary/aromatic N) is 5. The van der Waals surface area contributed by atoms with Crippen molar-refractivity contribution in [1.82, 2.24) is 24.5 Å². The fourth-order valence-electron chi connectivity index (χ4n) is 19.3. The molecule has 1 aliphatic heterocycles. The van der Waals surface area contributed by atoms with E-state index >= 15 is 0 Å². The van der Waals surface area contributed by atoms with E-state index in [0.29, 0.717) is 50.3 Å². The van der Waals surface area contributed by atoms with E-state index in [2.05, 4.69) is 59.1 Å². The Labute approximate surface area is 676 Å². The van der Waals surface area contributed by atoms with Gasteiger partial charge in [0.2, 0.25) is 0 Å². The van der Waals surface area contributed by atoms with E-state index in [-0.39, 0.29) is 30.5 Å². The van der Waals surface area contributed by atoms with Gasteiger partial charge in [-0.2, -0.15) is 0 Å². The van der Waals surface area contributed by atoms with Gasteiger partial charge in [0.05, 0.1) is 30.5 Å². The fraction of sp³-hybridized carbons (Fsp3) is 1.00. The molecule has 5 unspecified atom stereocenters. The molecular formula is C98H197N5O5. The minimum absolute atomic E-state index is 0.291. The zero-order chi connectivity index (χ0) is 77.5. The van der Waals surface area contributed by atoms with Gasteiger partial charge in [-0.15, -0.1) is 0 Å². The maximum atomic E-state index is 11.9.